The van der Waals surface area contributed by atoms with Gasteiger partial charge in [-0.25, -0.2) is 0 Å². The zero-order valence-electron chi connectivity index (χ0n) is 19.0. The first-order chi connectivity index (χ1) is 14.2. The zero-order valence-corrected chi connectivity index (χ0v) is 19.0. The van der Waals surface area contributed by atoms with Gasteiger partial charge in [-0.15, -0.1) is 0 Å². The van der Waals surface area contributed by atoms with Gasteiger partial charge in [0.05, 0.1) is 5.60 Å². The van der Waals surface area contributed by atoms with Crippen molar-refractivity contribution in [2.24, 2.45) is 0 Å². The van der Waals surface area contributed by atoms with Gasteiger partial charge in [0.2, 0.25) is 0 Å². The second kappa shape index (κ2) is 12.8. The molecule has 4 rings (SSSR count). The van der Waals surface area contributed by atoms with Crippen molar-refractivity contribution in [3.8, 4) is 0 Å². The maximum Gasteiger partial charge on any atom is 0.0688 e. The molecule has 0 amide bonds. The van der Waals surface area contributed by atoms with Crippen LogP contribution in [0.3, 0.4) is 0 Å². The number of nitrogens with one attached hydrogen (secondary N) is 1. The summed E-state index contributed by atoms with van der Waals surface area (Å²) >= 11 is 0. The van der Waals surface area contributed by atoms with Gasteiger partial charge in [0.15, 0.2) is 0 Å². The Hall–Kier alpha value is -1.64. The molecule has 29 heavy (non-hydrogen) atoms. The largest absolute Gasteiger partial charge is 0.375 e. The van der Waals surface area contributed by atoms with Crippen LogP contribution >= 0.6 is 0 Å². The summed E-state index contributed by atoms with van der Waals surface area (Å²) in [5, 5.41) is 3.29. The Bertz CT molecular complexity index is 676. The predicted octanol–water partition coefficient (Wildman–Crippen LogP) is 7.02. The number of ether oxygens (including phenoxy) is 1. The van der Waals surface area contributed by atoms with Crippen LogP contribution in [0.1, 0.15) is 81.9 Å². The number of benzene rings is 2. The molecule has 2 heteroatoms. The van der Waals surface area contributed by atoms with Gasteiger partial charge in [-0.05, 0) is 56.2 Å². The van der Waals surface area contributed by atoms with Crippen LogP contribution in [-0.2, 0) is 11.3 Å². The van der Waals surface area contributed by atoms with E-state index in [0.717, 1.165) is 25.6 Å². The van der Waals surface area contributed by atoms with E-state index in [1.807, 2.05) is 13.8 Å². The Morgan fingerprint density at radius 3 is 2.38 bits per heavy atom. The number of aryl methyl sites for hydroxylation is 1. The van der Waals surface area contributed by atoms with Crippen LogP contribution < -0.4 is 5.32 Å². The monoisotopic (exact) mass is 395 g/mol. The van der Waals surface area contributed by atoms with E-state index in [1.54, 1.807) is 0 Å². The van der Waals surface area contributed by atoms with Crippen LogP contribution in [0.4, 0.5) is 0 Å². The van der Waals surface area contributed by atoms with Crippen LogP contribution in [0.15, 0.2) is 54.6 Å². The topological polar surface area (TPSA) is 21.3 Å². The first kappa shape index (κ1) is 23.6. The number of hydrogen-bond acceptors (Lipinski definition) is 2. The lowest BCUT2D eigenvalue weighted by Crippen LogP contribution is -2.36. The molecule has 1 saturated heterocycles. The van der Waals surface area contributed by atoms with Crippen LogP contribution in [0.25, 0.3) is 0 Å². The molecule has 2 aliphatic rings. The van der Waals surface area contributed by atoms with Crippen molar-refractivity contribution in [1.29, 1.82) is 0 Å². The van der Waals surface area contributed by atoms with E-state index in [-0.39, 0.29) is 5.60 Å². The van der Waals surface area contributed by atoms with Gasteiger partial charge in [-0.1, -0.05) is 93.8 Å². The van der Waals surface area contributed by atoms with Crippen molar-refractivity contribution >= 4 is 0 Å². The van der Waals surface area contributed by atoms with Crippen LogP contribution in [0, 0.1) is 6.92 Å². The van der Waals surface area contributed by atoms with Crippen molar-refractivity contribution in [3.05, 3.63) is 71.3 Å². The van der Waals surface area contributed by atoms with Gasteiger partial charge in [0.1, 0.15) is 0 Å². The van der Waals surface area contributed by atoms with Crippen molar-refractivity contribution < 1.29 is 4.74 Å². The minimum absolute atomic E-state index is 0.249. The summed E-state index contributed by atoms with van der Waals surface area (Å²) in [4.78, 5) is 0. The van der Waals surface area contributed by atoms with E-state index in [9.17, 15) is 0 Å². The van der Waals surface area contributed by atoms with Gasteiger partial charge < -0.3 is 10.1 Å². The highest BCUT2D eigenvalue weighted by Gasteiger charge is 2.40. The van der Waals surface area contributed by atoms with Crippen molar-refractivity contribution in [2.75, 3.05) is 13.2 Å². The SMILES string of the molecule is CC.CCNCc1cccc(C)c1.c1ccc(C2CCOC3(CCCC3)C2)cc1. The molecule has 2 fully saturated rings. The molecule has 1 saturated carbocycles. The Labute approximate surface area is 179 Å². The number of hydrogen-bond donors (Lipinski definition) is 1. The van der Waals surface area contributed by atoms with E-state index in [4.69, 9.17) is 4.74 Å². The molecule has 2 aromatic carbocycles. The zero-order chi connectivity index (χ0) is 21.0. The van der Waals surface area contributed by atoms with E-state index in [0.29, 0.717) is 0 Å². The maximum absolute atomic E-state index is 6.08. The summed E-state index contributed by atoms with van der Waals surface area (Å²) in [5.74, 6) is 0.730. The normalized spacial score (nSPS) is 19.7. The third-order valence-electron chi connectivity index (χ3n) is 5.94. The van der Waals surface area contributed by atoms with E-state index >= 15 is 0 Å². The molecular formula is C27H41NO. The second-order valence-electron chi connectivity index (χ2n) is 8.11. The summed E-state index contributed by atoms with van der Waals surface area (Å²) in [5.41, 5.74) is 4.46. The van der Waals surface area contributed by atoms with Crippen LogP contribution in [0.2, 0.25) is 0 Å². The highest BCUT2D eigenvalue weighted by atomic mass is 16.5. The summed E-state index contributed by atoms with van der Waals surface area (Å²) < 4.78 is 6.08. The molecule has 1 heterocycles. The average Bonchev–Trinajstić information content (AvgIpc) is 3.22. The third-order valence-corrected chi connectivity index (χ3v) is 5.94. The minimum Gasteiger partial charge on any atom is -0.375 e. The summed E-state index contributed by atoms with van der Waals surface area (Å²) in [7, 11) is 0. The molecule has 1 aliphatic heterocycles. The highest BCUT2D eigenvalue weighted by Crippen LogP contribution is 2.45. The molecule has 1 aliphatic carbocycles. The van der Waals surface area contributed by atoms with E-state index < -0.39 is 0 Å². The fraction of sp³-hybridized carbons (Fsp3) is 0.556. The van der Waals surface area contributed by atoms with E-state index in [1.165, 1.54) is 55.2 Å². The third kappa shape index (κ3) is 7.60. The fourth-order valence-electron chi connectivity index (χ4n) is 4.50. The van der Waals surface area contributed by atoms with Gasteiger partial charge in [0.25, 0.3) is 0 Å². The van der Waals surface area contributed by atoms with Crippen LogP contribution in [0.5, 0.6) is 0 Å². The van der Waals surface area contributed by atoms with E-state index in [2.05, 4.69) is 73.8 Å². The Morgan fingerprint density at radius 1 is 1.00 bits per heavy atom. The summed E-state index contributed by atoms with van der Waals surface area (Å²) in [6.45, 7) is 11.2. The smallest absolute Gasteiger partial charge is 0.0688 e. The lowest BCUT2D eigenvalue weighted by atomic mass is 9.81. The summed E-state index contributed by atoms with van der Waals surface area (Å²) in [6, 6.07) is 19.6. The van der Waals surface area contributed by atoms with Gasteiger partial charge >= 0.3 is 0 Å². The van der Waals surface area contributed by atoms with Crippen molar-refractivity contribution in [2.45, 2.75) is 84.3 Å². The molecule has 0 aromatic heterocycles. The van der Waals surface area contributed by atoms with Crippen molar-refractivity contribution in [3.63, 3.8) is 0 Å². The lowest BCUT2D eigenvalue weighted by Gasteiger charge is -2.38. The first-order valence-corrected chi connectivity index (χ1v) is 11.7. The van der Waals surface area contributed by atoms with Gasteiger partial charge in [-0.3, -0.25) is 0 Å². The molecule has 0 bridgehead atoms. The molecule has 1 unspecified atom stereocenters. The fourth-order valence-corrected chi connectivity index (χ4v) is 4.50. The standard InChI is InChI=1S/C15H20O.C10H15N.C2H6/c1-2-6-13(7-3-1)14-8-11-16-15(12-14)9-4-5-10-15;1-3-11-8-10-6-4-5-9(2)7-10;1-2/h1-3,6-7,14H,4-5,8-12H2;4-7,11H,3,8H2,1-2H3;1-2H3. The quantitative estimate of drug-likeness (QED) is 0.600. The van der Waals surface area contributed by atoms with Crippen molar-refractivity contribution in [1.82, 2.24) is 5.32 Å². The molecule has 160 valence electrons. The van der Waals surface area contributed by atoms with Crippen LogP contribution in [-0.4, -0.2) is 18.8 Å². The molecular weight excluding hydrogens is 354 g/mol. The predicted molar refractivity (Wildman–Crippen MR) is 125 cm³/mol. The maximum atomic E-state index is 6.08. The van der Waals surface area contributed by atoms with Gasteiger partial charge in [-0.2, -0.15) is 0 Å². The molecule has 2 aromatic rings. The molecule has 1 atom stereocenters. The Kier molecular flexibility index (Phi) is 10.5. The van der Waals surface area contributed by atoms with Gasteiger partial charge in [0, 0.05) is 13.2 Å². The second-order valence-corrected chi connectivity index (χ2v) is 8.11. The Balaban J connectivity index is 0.000000203. The number of rotatable bonds is 4. The lowest BCUT2D eigenvalue weighted by molar-refractivity contribution is -0.0804. The first-order valence-electron chi connectivity index (χ1n) is 11.7. The molecule has 1 spiro atoms. The highest BCUT2D eigenvalue weighted by molar-refractivity contribution is 5.22. The molecule has 0 radical (unpaired) electrons. The summed E-state index contributed by atoms with van der Waals surface area (Å²) in [6.07, 6.45) is 7.75. The Morgan fingerprint density at radius 2 is 1.72 bits per heavy atom. The average molecular weight is 396 g/mol. The molecule has 1 N–H and O–H groups in total. The molecule has 2 nitrogen and oxygen atoms in total. The minimum atomic E-state index is 0.249.